The third kappa shape index (κ3) is 24.2. The van der Waals surface area contributed by atoms with E-state index in [0.717, 1.165) is 65.4 Å². The average Bonchev–Trinajstić information content (AvgIpc) is 3.19. The summed E-state index contributed by atoms with van der Waals surface area (Å²) in [5.74, 6) is -3.27. The zero-order chi connectivity index (χ0) is 45.5. The summed E-state index contributed by atoms with van der Waals surface area (Å²) in [5, 5.41) is 14.4. The standard InChI is InChI=1S/C44H61NO16/c1-6-8-10-13-16-19-36(49)20-17-14-11-12-15-18-21-38(44(54,43(53)61-31-58-34(5)48)28-40(50)59-29-56-32(3)46)41(51)45-39(42(52)60-30-57-33(4)47)27-35-22-24-37(25-23-35)55-26-9-7-2/h18,21-25,38-39,54H,6,8,10-17,19-20,26-31H2,1-5H3,(H,45,51)/t38-,39+,44+/m1/s1. The maximum absolute atomic E-state index is 14.2. The van der Waals surface area contributed by atoms with E-state index in [1.54, 1.807) is 31.2 Å². The van der Waals surface area contributed by atoms with Crippen molar-refractivity contribution in [1.82, 2.24) is 5.32 Å². The molecule has 0 aliphatic rings. The number of allylic oxidation sites excluding steroid dienone is 1. The highest BCUT2D eigenvalue weighted by atomic mass is 16.7. The first-order valence-corrected chi connectivity index (χ1v) is 20.3. The summed E-state index contributed by atoms with van der Waals surface area (Å²) in [5.41, 5.74) is -2.56. The van der Waals surface area contributed by atoms with Crippen molar-refractivity contribution in [2.45, 2.75) is 136 Å². The number of carbonyl (C=O) groups is 8. The van der Waals surface area contributed by atoms with Crippen LogP contribution in [0.15, 0.2) is 36.4 Å². The van der Waals surface area contributed by atoms with Gasteiger partial charge in [-0.3, -0.25) is 28.8 Å². The van der Waals surface area contributed by atoms with Crippen LogP contribution in [-0.2, 0) is 73.2 Å². The van der Waals surface area contributed by atoms with Crippen LogP contribution < -0.4 is 10.1 Å². The molecule has 0 saturated heterocycles. The molecule has 1 aromatic rings. The molecular formula is C44H61NO16. The van der Waals surface area contributed by atoms with Gasteiger partial charge < -0.3 is 43.6 Å². The monoisotopic (exact) mass is 859 g/mol. The van der Waals surface area contributed by atoms with E-state index in [0.29, 0.717) is 49.8 Å². The Bertz CT molecular complexity index is 1660. The Morgan fingerprint density at radius 2 is 1.30 bits per heavy atom. The molecule has 1 aromatic carbocycles. The van der Waals surface area contributed by atoms with Crippen molar-refractivity contribution >= 4 is 47.5 Å². The van der Waals surface area contributed by atoms with Gasteiger partial charge in [0.05, 0.1) is 12.3 Å². The molecule has 17 nitrogen and oxygen atoms in total. The van der Waals surface area contributed by atoms with Crippen molar-refractivity contribution in [2.75, 3.05) is 27.0 Å². The smallest absolute Gasteiger partial charge is 0.342 e. The molecule has 1 rings (SSSR count). The normalized spacial score (nSPS) is 12.6. The Hall–Kier alpha value is -5.76. The summed E-state index contributed by atoms with van der Waals surface area (Å²) in [4.78, 5) is 100. The van der Waals surface area contributed by atoms with Crippen molar-refractivity contribution in [2.24, 2.45) is 5.92 Å². The summed E-state index contributed by atoms with van der Waals surface area (Å²) in [7, 11) is 0. The number of hydrogen-bond donors (Lipinski definition) is 2. The third-order valence-electron chi connectivity index (χ3n) is 8.88. The molecular weight excluding hydrogens is 798 g/mol. The first kappa shape index (κ1) is 53.3. The van der Waals surface area contributed by atoms with Crippen molar-refractivity contribution < 1.29 is 76.6 Å². The number of benzene rings is 1. The lowest BCUT2D eigenvalue weighted by Crippen LogP contribution is -2.56. The highest BCUT2D eigenvalue weighted by molar-refractivity contribution is 5.95. The van der Waals surface area contributed by atoms with E-state index in [-0.39, 0.29) is 18.8 Å². The number of ketones is 1. The average molecular weight is 860 g/mol. The molecule has 0 unspecified atom stereocenters. The fraction of sp³-hybridized carbons (Fsp3) is 0.591. The molecule has 0 saturated carbocycles. The highest BCUT2D eigenvalue weighted by Crippen LogP contribution is 2.28. The van der Waals surface area contributed by atoms with Gasteiger partial charge in [0.2, 0.25) is 26.3 Å². The summed E-state index contributed by atoms with van der Waals surface area (Å²) in [6.07, 6.45) is 10.7. The van der Waals surface area contributed by atoms with Gasteiger partial charge in [-0.25, -0.2) is 9.59 Å². The largest absolute Gasteiger partial charge is 0.481 e. The van der Waals surface area contributed by atoms with Gasteiger partial charge in [-0.1, -0.05) is 75.7 Å². The van der Waals surface area contributed by atoms with Gasteiger partial charge >= 0.3 is 35.8 Å². The number of ether oxygens (including phenoxy) is 7. The highest BCUT2D eigenvalue weighted by Gasteiger charge is 2.51. The van der Waals surface area contributed by atoms with Crippen LogP contribution >= 0.6 is 0 Å². The van der Waals surface area contributed by atoms with Crippen LogP contribution in [0, 0.1) is 17.8 Å². The van der Waals surface area contributed by atoms with Crippen molar-refractivity contribution in [3.63, 3.8) is 0 Å². The predicted octanol–water partition coefficient (Wildman–Crippen LogP) is 4.87. The lowest BCUT2D eigenvalue weighted by atomic mass is 9.82. The zero-order valence-corrected chi connectivity index (χ0v) is 35.9. The summed E-state index contributed by atoms with van der Waals surface area (Å²) in [6.45, 7) is 4.45. The fourth-order valence-corrected chi connectivity index (χ4v) is 5.61. The lowest BCUT2D eigenvalue weighted by Gasteiger charge is -2.31. The molecule has 1 amide bonds. The first-order chi connectivity index (χ1) is 29.1. The molecule has 338 valence electrons. The Labute approximate surface area is 357 Å². The second kappa shape index (κ2) is 31.2. The Balaban J connectivity index is 3.41. The van der Waals surface area contributed by atoms with Gasteiger partial charge in [0.1, 0.15) is 24.2 Å². The van der Waals surface area contributed by atoms with Crippen LogP contribution in [0.25, 0.3) is 0 Å². The molecule has 0 fully saturated rings. The maximum atomic E-state index is 14.2. The number of nitrogens with one attached hydrogen (secondary N) is 1. The van der Waals surface area contributed by atoms with Crippen LogP contribution in [0.3, 0.4) is 0 Å². The molecule has 3 atom stereocenters. The van der Waals surface area contributed by atoms with Crippen LogP contribution in [0.4, 0.5) is 0 Å². The van der Waals surface area contributed by atoms with Crippen LogP contribution in [0.2, 0.25) is 0 Å². The molecule has 2 N–H and O–H groups in total. The van der Waals surface area contributed by atoms with Crippen molar-refractivity contribution in [1.29, 1.82) is 0 Å². The number of esters is 6. The van der Waals surface area contributed by atoms with E-state index in [1.807, 2.05) is 0 Å². The van der Waals surface area contributed by atoms with E-state index >= 15 is 0 Å². The Morgan fingerprint density at radius 3 is 1.87 bits per heavy atom. The molecule has 0 radical (unpaired) electrons. The maximum Gasteiger partial charge on any atom is 0.342 e. The van der Waals surface area contributed by atoms with Crippen LogP contribution in [0.5, 0.6) is 5.75 Å². The van der Waals surface area contributed by atoms with E-state index < -0.39 is 86.1 Å². The second-order valence-corrected chi connectivity index (χ2v) is 14.0. The first-order valence-electron chi connectivity index (χ1n) is 20.3. The number of carbonyl (C=O) groups excluding carboxylic acids is 8. The Kier molecular flexibility index (Phi) is 27.2. The van der Waals surface area contributed by atoms with E-state index in [2.05, 4.69) is 33.6 Å². The molecule has 0 aliphatic carbocycles. The van der Waals surface area contributed by atoms with Crippen LogP contribution in [0.1, 0.15) is 124 Å². The number of unbranched alkanes of at least 4 members (excludes halogenated alkanes) is 8. The van der Waals surface area contributed by atoms with Gasteiger partial charge in [0, 0.05) is 40.0 Å². The van der Waals surface area contributed by atoms with E-state index in [1.165, 1.54) is 6.08 Å². The number of rotatable bonds is 31. The summed E-state index contributed by atoms with van der Waals surface area (Å²) >= 11 is 0. The minimum Gasteiger partial charge on any atom is -0.481 e. The van der Waals surface area contributed by atoms with Gasteiger partial charge in [0.15, 0.2) is 5.60 Å². The molecule has 0 aliphatic heterocycles. The second-order valence-electron chi connectivity index (χ2n) is 14.0. The van der Waals surface area contributed by atoms with Crippen molar-refractivity contribution in [3.05, 3.63) is 42.0 Å². The van der Waals surface area contributed by atoms with Gasteiger partial charge in [0.25, 0.3) is 0 Å². The van der Waals surface area contributed by atoms with E-state index in [4.69, 9.17) is 23.7 Å². The molecule has 0 aromatic heterocycles. The predicted molar refractivity (Wildman–Crippen MR) is 217 cm³/mol. The molecule has 0 spiro atoms. The molecule has 0 bridgehead atoms. The summed E-state index contributed by atoms with van der Waals surface area (Å²) in [6, 6.07) is 4.91. The minimum atomic E-state index is -3.06. The molecule has 17 heteroatoms. The van der Waals surface area contributed by atoms with Gasteiger partial charge in [-0.15, -0.1) is 5.92 Å². The lowest BCUT2D eigenvalue weighted by molar-refractivity contribution is -0.192. The summed E-state index contributed by atoms with van der Waals surface area (Å²) < 4.78 is 34.5. The number of Topliss-reactive ketones (excluding diaryl/α,β-unsaturated/α-hetero) is 1. The van der Waals surface area contributed by atoms with Crippen LogP contribution in [-0.4, -0.2) is 91.2 Å². The van der Waals surface area contributed by atoms with E-state index in [9.17, 15) is 43.5 Å². The van der Waals surface area contributed by atoms with Gasteiger partial charge in [-0.05, 0) is 50.3 Å². The molecule has 61 heavy (non-hydrogen) atoms. The topological polar surface area (TPSA) is 233 Å². The van der Waals surface area contributed by atoms with Crippen molar-refractivity contribution in [3.8, 4) is 17.6 Å². The SMILES string of the molecule is CC#CCOc1ccc(C[C@H](NC(=O)[C@@H](C=CCCCCCCC(=O)CCCCCCC)[C@@](O)(CC(=O)OCOC(C)=O)C(=O)OCOC(C)=O)C(=O)OCOC(C)=O)cc1. The van der Waals surface area contributed by atoms with Gasteiger partial charge in [-0.2, -0.15) is 0 Å². The third-order valence-corrected chi connectivity index (χ3v) is 8.88. The fourth-order valence-electron chi connectivity index (χ4n) is 5.61. The number of amides is 1. The minimum absolute atomic E-state index is 0.135. The molecule has 0 heterocycles. The zero-order valence-electron chi connectivity index (χ0n) is 35.9. The number of aliphatic hydroxyl groups is 1. The quantitative estimate of drug-likeness (QED) is 0.0253. The number of hydrogen-bond acceptors (Lipinski definition) is 16. The Morgan fingerprint density at radius 1 is 0.738 bits per heavy atom.